The first kappa shape index (κ1) is 18.4. The summed E-state index contributed by atoms with van der Waals surface area (Å²) in [6.45, 7) is 2.04. The van der Waals surface area contributed by atoms with Crippen molar-refractivity contribution < 1.29 is 9.18 Å². The molecule has 0 unspecified atom stereocenters. The molecule has 3 rings (SSSR count). The Kier molecular flexibility index (Phi) is 6.25. The fourth-order valence-corrected chi connectivity index (χ4v) is 3.93. The lowest BCUT2D eigenvalue weighted by Gasteiger charge is -2.09. The van der Waals surface area contributed by atoms with Gasteiger partial charge in [-0.3, -0.25) is 4.79 Å². The maximum atomic E-state index is 13.6. The summed E-state index contributed by atoms with van der Waals surface area (Å²) in [5.74, 6) is -0.632. The number of amides is 1. The van der Waals surface area contributed by atoms with Gasteiger partial charge in [-0.2, -0.15) is 0 Å². The number of rotatable bonds is 6. The van der Waals surface area contributed by atoms with E-state index in [1.165, 1.54) is 35.7 Å². The van der Waals surface area contributed by atoms with Crippen LogP contribution in [0.15, 0.2) is 75.9 Å². The summed E-state index contributed by atoms with van der Waals surface area (Å²) in [7, 11) is 0. The van der Waals surface area contributed by atoms with Crippen LogP contribution in [0.2, 0.25) is 0 Å². The zero-order valence-electron chi connectivity index (χ0n) is 14.0. The highest BCUT2D eigenvalue weighted by Crippen LogP contribution is 2.34. The Labute approximate surface area is 159 Å². The lowest BCUT2D eigenvalue weighted by molar-refractivity contribution is -0.113. The van der Waals surface area contributed by atoms with Gasteiger partial charge in [0, 0.05) is 17.3 Å². The molecule has 1 N–H and O–H groups in total. The SMILES string of the molecule is Cc1ccccc1Sc1nccnc1SCC(=O)Nc1ccccc1F. The third kappa shape index (κ3) is 4.83. The van der Waals surface area contributed by atoms with Crippen LogP contribution >= 0.6 is 23.5 Å². The van der Waals surface area contributed by atoms with E-state index in [0.29, 0.717) is 5.03 Å². The minimum atomic E-state index is -0.457. The average Bonchev–Trinajstić information content (AvgIpc) is 2.65. The molecule has 3 aromatic rings. The molecule has 0 aliphatic carbocycles. The van der Waals surface area contributed by atoms with E-state index < -0.39 is 5.82 Å². The van der Waals surface area contributed by atoms with Gasteiger partial charge in [0.1, 0.15) is 15.9 Å². The van der Waals surface area contributed by atoms with Gasteiger partial charge in [0.05, 0.1) is 11.4 Å². The van der Waals surface area contributed by atoms with Crippen LogP contribution in [0.1, 0.15) is 5.56 Å². The molecular weight excluding hydrogens is 369 g/mol. The Morgan fingerprint density at radius 1 is 1.04 bits per heavy atom. The van der Waals surface area contributed by atoms with E-state index in [2.05, 4.69) is 15.3 Å². The van der Waals surface area contributed by atoms with E-state index in [0.717, 1.165) is 15.5 Å². The van der Waals surface area contributed by atoms with Crippen LogP contribution < -0.4 is 5.32 Å². The van der Waals surface area contributed by atoms with Gasteiger partial charge >= 0.3 is 0 Å². The minimum absolute atomic E-state index is 0.119. The topological polar surface area (TPSA) is 54.9 Å². The quantitative estimate of drug-likeness (QED) is 0.618. The number of aryl methyl sites for hydroxylation is 1. The molecule has 0 spiro atoms. The van der Waals surface area contributed by atoms with Gasteiger partial charge in [0.15, 0.2) is 0 Å². The molecule has 2 aromatic carbocycles. The summed E-state index contributed by atoms with van der Waals surface area (Å²) in [5.41, 5.74) is 1.32. The number of hydrogen-bond acceptors (Lipinski definition) is 5. The largest absolute Gasteiger partial charge is 0.323 e. The highest BCUT2D eigenvalue weighted by Gasteiger charge is 2.12. The van der Waals surface area contributed by atoms with Crippen LogP contribution in [0, 0.1) is 12.7 Å². The molecule has 1 heterocycles. The second-order valence-electron chi connectivity index (χ2n) is 5.35. The van der Waals surface area contributed by atoms with E-state index in [9.17, 15) is 9.18 Å². The van der Waals surface area contributed by atoms with Crippen LogP contribution in [0.4, 0.5) is 10.1 Å². The normalized spacial score (nSPS) is 10.5. The first-order valence-corrected chi connectivity index (χ1v) is 9.65. The van der Waals surface area contributed by atoms with Crippen molar-refractivity contribution in [2.24, 2.45) is 0 Å². The smallest absolute Gasteiger partial charge is 0.234 e. The number of nitrogens with zero attached hydrogens (tertiary/aromatic N) is 2. The van der Waals surface area contributed by atoms with Crippen molar-refractivity contribution in [2.75, 3.05) is 11.1 Å². The standard InChI is InChI=1S/C19H16FN3OS2/c1-13-6-2-5-9-16(13)26-19-18(21-10-11-22-19)25-12-17(24)23-15-8-4-3-7-14(15)20/h2-11H,12H2,1H3,(H,23,24). The Balaban J connectivity index is 1.66. The van der Waals surface area contributed by atoms with E-state index in [1.54, 1.807) is 24.5 Å². The van der Waals surface area contributed by atoms with Crippen molar-refractivity contribution in [2.45, 2.75) is 21.9 Å². The van der Waals surface area contributed by atoms with Gasteiger partial charge in [-0.1, -0.05) is 53.9 Å². The lowest BCUT2D eigenvalue weighted by atomic mass is 10.2. The Hall–Kier alpha value is -2.38. The van der Waals surface area contributed by atoms with Crippen molar-refractivity contribution in [1.29, 1.82) is 0 Å². The predicted molar refractivity (Wildman–Crippen MR) is 103 cm³/mol. The van der Waals surface area contributed by atoms with Gasteiger partial charge in [0.2, 0.25) is 5.91 Å². The van der Waals surface area contributed by atoms with Gasteiger partial charge in [-0.15, -0.1) is 0 Å². The summed E-state index contributed by atoms with van der Waals surface area (Å²) in [5, 5.41) is 3.98. The minimum Gasteiger partial charge on any atom is -0.323 e. The van der Waals surface area contributed by atoms with E-state index >= 15 is 0 Å². The molecular formula is C19H16FN3OS2. The first-order valence-electron chi connectivity index (χ1n) is 7.85. The number of benzene rings is 2. The second kappa shape index (κ2) is 8.82. The van der Waals surface area contributed by atoms with E-state index in [-0.39, 0.29) is 17.3 Å². The number of aromatic nitrogens is 2. The fourth-order valence-electron chi connectivity index (χ4n) is 2.14. The van der Waals surface area contributed by atoms with Crippen molar-refractivity contribution in [3.8, 4) is 0 Å². The monoisotopic (exact) mass is 385 g/mol. The number of anilines is 1. The van der Waals surface area contributed by atoms with Crippen LogP contribution in [0.5, 0.6) is 0 Å². The van der Waals surface area contributed by atoms with E-state index in [4.69, 9.17) is 0 Å². The zero-order chi connectivity index (χ0) is 18.4. The molecule has 7 heteroatoms. The second-order valence-corrected chi connectivity index (χ2v) is 7.35. The lowest BCUT2D eigenvalue weighted by Crippen LogP contribution is -2.15. The summed E-state index contributed by atoms with van der Waals surface area (Å²) in [4.78, 5) is 21.9. The molecule has 132 valence electrons. The predicted octanol–water partition coefficient (Wildman–Crippen LogP) is 4.81. The summed E-state index contributed by atoms with van der Waals surface area (Å²) in [6, 6.07) is 14.1. The van der Waals surface area contributed by atoms with Crippen molar-refractivity contribution in [1.82, 2.24) is 9.97 Å². The molecule has 0 saturated heterocycles. The van der Waals surface area contributed by atoms with Crippen molar-refractivity contribution in [3.63, 3.8) is 0 Å². The molecule has 0 aliphatic heterocycles. The van der Waals surface area contributed by atoms with E-state index in [1.807, 2.05) is 31.2 Å². The summed E-state index contributed by atoms with van der Waals surface area (Å²) in [6.07, 6.45) is 3.23. The number of hydrogen-bond donors (Lipinski definition) is 1. The van der Waals surface area contributed by atoms with Crippen LogP contribution in [0.3, 0.4) is 0 Å². The van der Waals surface area contributed by atoms with Crippen LogP contribution in [-0.4, -0.2) is 21.6 Å². The average molecular weight is 385 g/mol. The van der Waals surface area contributed by atoms with Crippen LogP contribution in [0.25, 0.3) is 0 Å². The Morgan fingerprint density at radius 3 is 2.50 bits per heavy atom. The van der Waals surface area contributed by atoms with Crippen LogP contribution in [-0.2, 0) is 4.79 Å². The van der Waals surface area contributed by atoms with Crippen molar-refractivity contribution in [3.05, 3.63) is 72.3 Å². The molecule has 0 bridgehead atoms. The molecule has 1 amide bonds. The molecule has 4 nitrogen and oxygen atoms in total. The molecule has 0 atom stereocenters. The number of carbonyl (C=O) groups is 1. The maximum Gasteiger partial charge on any atom is 0.234 e. The summed E-state index contributed by atoms with van der Waals surface area (Å²) < 4.78 is 13.6. The molecule has 0 saturated carbocycles. The maximum absolute atomic E-state index is 13.6. The van der Waals surface area contributed by atoms with Crippen molar-refractivity contribution >= 4 is 35.1 Å². The van der Waals surface area contributed by atoms with Gasteiger partial charge in [-0.05, 0) is 30.7 Å². The van der Waals surface area contributed by atoms with Gasteiger partial charge < -0.3 is 5.32 Å². The fraction of sp³-hybridized carbons (Fsp3) is 0.105. The highest BCUT2D eigenvalue weighted by atomic mass is 32.2. The molecule has 26 heavy (non-hydrogen) atoms. The first-order chi connectivity index (χ1) is 12.6. The zero-order valence-corrected chi connectivity index (χ0v) is 15.6. The third-order valence-electron chi connectivity index (χ3n) is 3.42. The molecule has 1 aromatic heterocycles. The molecule has 0 fully saturated rings. The summed E-state index contributed by atoms with van der Waals surface area (Å²) >= 11 is 2.79. The molecule has 0 radical (unpaired) electrons. The number of halogens is 1. The number of para-hydroxylation sites is 1. The van der Waals surface area contributed by atoms with Gasteiger partial charge in [0.25, 0.3) is 0 Å². The number of carbonyl (C=O) groups excluding carboxylic acids is 1. The highest BCUT2D eigenvalue weighted by molar-refractivity contribution is 8.02. The number of thioether (sulfide) groups is 1. The Bertz CT molecular complexity index is 921. The third-order valence-corrected chi connectivity index (χ3v) is 5.70. The number of nitrogens with one attached hydrogen (secondary N) is 1. The molecule has 0 aliphatic rings. The van der Waals surface area contributed by atoms with Gasteiger partial charge in [-0.25, -0.2) is 14.4 Å². The Morgan fingerprint density at radius 2 is 1.73 bits per heavy atom.